The van der Waals surface area contributed by atoms with Crippen molar-refractivity contribution in [1.82, 2.24) is 5.32 Å². The van der Waals surface area contributed by atoms with Crippen LogP contribution in [0.2, 0.25) is 5.02 Å². The van der Waals surface area contributed by atoms with Gasteiger partial charge in [0.15, 0.2) is 0 Å². The first kappa shape index (κ1) is 20.7. The molecule has 0 spiro atoms. The summed E-state index contributed by atoms with van der Waals surface area (Å²) in [5.74, 6) is -1.64. The molecule has 1 amide bonds. The van der Waals surface area contributed by atoms with E-state index in [4.69, 9.17) is 22.1 Å². The van der Waals surface area contributed by atoms with E-state index in [1.54, 1.807) is 0 Å². The minimum Gasteiger partial charge on any atom is -0.325 e. The van der Waals surface area contributed by atoms with Gasteiger partial charge in [-0.2, -0.15) is 23.7 Å². The maximum atomic E-state index is 13.6. The lowest BCUT2D eigenvalue weighted by molar-refractivity contribution is -0.156. The number of nitriles is 2. The largest absolute Gasteiger partial charge is 0.404 e. The number of halogens is 4. The third-order valence-corrected chi connectivity index (χ3v) is 5.08. The first-order valence-electron chi connectivity index (χ1n) is 8.56. The quantitative estimate of drug-likeness (QED) is 0.785. The monoisotopic (exact) mass is 418 g/mol. The van der Waals surface area contributed by atoms with Gasteiger partial charge in [-0.05, 0) is 48.4 Å². The molecule has 1 fully saturated rings. The second-order valence-corrected chi connectivity index (χ2v) is 7.02. The van der Waals surface area contributed by atoms with Crippen LogP contribution in [-0.2, 0) is 4.79 Å². The van der Waals surface area contributed by atoms with Crippen LogP contribution >= 0.6 is 11.6 Å². The molecular weight excluding hydrogens is 405 g/mol. The number of hydrogen-bond acceptors (Lipinski definition) is 4. The Hall–Kier alpha value is -3.07. The van der Waals surface area contributed by atoms with Gasteiger partial charge in [-0.1, -0.05) is 17.7 Å². The average molecular weight is 419 g/mol. The minimum atomic E-state index is -4.57. The minimum absolute atomic E-state index is 0.0661. The summed E-state index contributed by atoms with van der Waals surface area (Å²) in [6.45, 7) is 0. The summed E-state index contributed by atoms with van der Waals surface area (Å²) < 4.78 is 40.7. The third-order valence-electron chi connectivity index (χ3n) is 4.77. The van der Waals surface area contributed by atoms with Gasteiger partial charge in [0.05, 0.1) is 28.3 Å². The van der Waals surface area contributed by atoms with Gasteiger partial charge in [-0.3, -0.25) is 10.1 Å². The van der Waals surface area contributed by atoms with Gasteiger partial charge in [-0.15, -0.1) is 0 Å². The fourth-order valence-corrected chi connectivity index (χ4v) is 3.57. The molecule has 148 valence electrons. The van der Waals surface area contributed by atoms with Crippen LogP contribution in [0.15, 0.2) is 42.5 Å². The highest BCUT2D eigenvalue weighted by atomic mass is 35.5. The first-order valence-corrected chi connectivity index (χ1v) is 8.94. The van der Waals surface area contributed by atoms with Crippen molar-refractivity contribution in [2.75, 3.05) is 5.32 Å². The van der Waals surface area contributed by atoms with Crippen LogP contribution < -0.4 is 10.6 Å². The highest BCUT2D eigenvalue weighted by molar-refractivity contribution is 6.31. The molecule has 2 N–H and O–H groups in total. The van der Waals surface area contributed by atoms with Gasteiger partial charge in [0, 0.05) is 11.6 Å². The van der Waals surface area contributed by atoms with E-state index in [1.165, 1.54) is 42.5 Å². The highest BCUT2D eigenvalue weighted by Crippen LogP contribution is 2.40. The van der Waals surface area contributed by atoms with E-state index in [1.807, 2.05) is 12.1 Å². The molecule has 2 aromatic carbocycles. The number of rotatable bonds is 3. The molecule has 1 heterocycles. The number of carbonyl (C=O) groups excluding carboxylic acids is 1. The second-order valence-electron chi connectivity index (χ2n) is 6.61. The number of amides is 1. The molecule has 0 aromatic heterocycles. The summed E-state index contributed by atoms with van der Waals surface area (Å²) in [5, 5.41) is 22.7. The summed E-state index contributed by atoms with van der Waals surface area (Å²) >= 11 is 5.97. The average Bonchev–Trinajstić information content (AvgIpc) is 3.15. The van der Waals surface area contributed by atoms with E-state index < -0.39 is 30.1 Å². The van der Waals surface area contributed by atoms with E-state index in [0.29, 0.717) is 16.8 Å². The van der Waals surface area contributed by atoms with Gasteiger partial charge in [-0.25, -0.2) is 0 Å². The molecule has 1 saturated heterocycles. The normalized spacial score (nSPS) is 21.2. The van der Waals surface area contributed by atoms with E-state index in [9.17, 15) is 18.0 Å². The van der Waals surface area contributed by atoms with E-state index >= 15 is 0 Å². The van der Waals surface area contributed by atoms with Crippen molar-refractivity contribution >= 4 is 23.2 Å². The summed E-state index contributed by atoms with van der Waals surface area (Å²) in [5.41, 5.74) is 1.25. The van der Waals surface area contributed by atoms with Crippen molar-refractivity contribution in [3.8, 4) is 12.1 Å². The van der Waals surface area contributed by atoms with Crippen LogP contribution in [0.25, 0.3) is 0 Å². The molecule has 1 aliphatic rings. The van der Waals surface area contributed by atoms with Crippen LogP contribution in [-0.4, -0.2) is 24.2 Å². The highest BCUT2D eigenvalue weighted by Gasteiger charge is 2.52. The number of anilines is 1. The molecule has 9 heteroatoms. The van der Waals surface area contributed by atoms with Gasteiger partial charge in [0.2, 0.25) is 5.91 Å². The number of nitrogens with one attached hydrogen (secondary N) is 2. The molecule has 0 saturated carbocycles. The zero-order valence-electron chi connectivity index (χ0n) is 14.8. The van der Waals surface area contributed by atoms with Crippen molar-refractivity contribution in [3.63, 3.8) is 0 Å². The Balaban J connectivity index is 1.81. The maximum absolute atomic E-state index is 13.6. The molecule has 5 nitrogen and oxygen atoms in total. The molecule has 3 atom stereocenters. The Morgan fingerprint density at radius 1 is 1.14 bits per heavy atom. The molecule has 0 bridgehead atoms. The zero-order valence-corrected chi connectivity index (χ0v) is 15.6. The molecule has 3 rings (SSSR count). The topological polar surface area (TPSA) is 88.7 Å². The van der Waals surface area contributed by atoms with E-state index in [2.05, 4.69) is 10.6 Å². The number of alkyl halides is 3. The molecule has 0 radical (unpaired) electrons. The molecule has 29 heavy (non-hydrogen) atoms. The maximum Gasteiger partial charge on any atom is 0.404 e. The van der Waals surface area contributed by atoms with E-state index in [0.717, 1.165) is 0 Å². The molecule has 1 unspecified atom stereocenters. The predicted octanol–water partition coefficient (Wildman–Crippen LogP) is 4.10. The van der Waals surface area contributed by atoms with Crippen LogP contribution in [0.5, 0.6) is 0 Å². The Bertz CT molecular complexity index is 1010. The Kier molecular flexibility index (Phi) is 5.78. The Labute approximate surface area is 169 Å². The number of carbonyl (C=O) groups is 1. The summed E-state index contributed by atoms with van der Waals surface area (Å²) in [6.07, 6.45) is -4.66. The summed E-state index contributed by atoms with van der Waals surface area (Å²) in [4.78, 5) is 12.5. The lowest BCUT2D eigenvalue weighted by Gasteiger charge is -2.22. The molecular formula is C20H14ClF3N4O. The SMILES string of the molecule is N#Cc1ccc(NC(=O)[C@@H]2CC(c3ccc(C#N)c(Cl)c3)[C@H](C(F)(F)F)N2)cc1. The fraction of sp³-hybridized carbons (Fsp3) is 0.250. The summed E-state index contributed by atoms with van der Waals surface area (Å²) in [6, 6.07) is 10.9. The van der Waals surface area contributed by atoms with Crippen LogP contribution in [0.4, 0.5) is 18.9 Å². The van der Waals surface area contributed by atoms with Gasteiger partial charge in [0.25, 0.3) is 0 Å². The lowest BCUT2D eigenvalue weighted by atomic mass is 9.89. The molecule has 0 aliphatic carbocycles. The predicted molar refractivity (Wildman–Crippen MR) is 100 cm³/mol. The smallest absolute Gasteiger partial charge is 0.325 e. The Morgan fingerprint density at radius 3 is 2.38 bits per heavy atom. The first-order chi connectivity index (χ1) is 13.7. The zero-order chi connectivity index (χ0) is 21.2. The second kappa shape index (κ2) is 8.12. The molecule has 2 aromatic rings. The van der Waals surface area contributed by atoms with Crippen LogP contribution in [0, 0.1) is 22.7 Å². The lowest BCUT2D eigenvalue weighted by Crippen LogP contribution is -2.46. The van der Waals surface area contributed by atoms with Crippen molar-refractivity contribution in [3.05, 3.63) is 64.2 Å². The fourth-order valence-electron chi connectivity index (χ4n) is 3.33. The summed E-state index contributed by atoms with van der Waals surface area (Å²) in [7, 11) is 0. The van der Waals surface area contributed by atoms with Crippen LogP contribution in [0.3, 0.4) is 0 Å². The number of hydrogen-bond donors (Lipinski definition) is 2. The number of nitrogens with zero attached hydrogens (tertiary/aromatic N) is 2. The van der Waals surface area contributed by atoms with Gasteiger partial charge in [0.1, 0.15) is 12.1 Å². The van der Waals surface area contributed by atoms with Gasteiger partial charge >= 0.3 is 6.18 Å². The Morgan fingerprint density at radius 2 is 1.83 bits per heavy atom. The standard InChI is InChI=1S/C20H14ClF3N4O/c21-16-7-12(3-4-13(16)10-26)15-8-17(28-18(15)20(22,23)24)19(29)27-14-5-1-11(9-25)2-6-14/h1-7,15,17-18,28H,8H2,(H,27,29)/t15?,17-,18+/m0/s1. The van der Waals surface area contributed by atoms with Gasteiger partial charge < -0.3 is 5.32 Å². The van der Waals surface area contributed by atoms with Crippen molar-refractivity contribution in [2.45, 2.75) is 30.6 Å². The van der Waals surface area contributed by atoms with E-state index in [-0.39, 0.29) is 17.0 Å². The van der Waals surface area contributed by atoms with Crippen molar-refractivity contribution < 1.29 is 18.0 Å². The van der Waals surface area contributed by atoms with Crippen molar-refractivity contribution in [2.24, 2.45) is 0 Å². The number of benzene rings is 2. The molecule has 1 aliphatic heterocycles. The van der Waals surface area contributed by atoms with Crippen molar-refractivity contribution in [1.29, 1.82) is 10.5 Å². The van der Waals surface area contributed by atoms with Crippen LogP contribution in [0.1, 0.15) is 29.0 Å². The third kappa shape index (κ3) is 4.51.